The summed E-state index contributed by atoms with van der Waals surface area (Å²) < 4.78 is 2.30. The zero-order valence-electron chi connectivity index (χ0n) is 11.3. The Bertz CT molecular complexity index is 813. The molecule has 3 aromatic rings. The summed E-state index contributed by atoms with van der Waals surface area (Å²) in [5.74, 6) is 0.144. The molecule has 112 valence electrons. The Kier molecular flexibility index (Phi) is 4.26. The third-order valence-electron chi connectivity index (χ3n) is 2.99. The molecule has 0 aliphatic carbocycles. The van der Waals surface area contributed by atoms with Gasteiger partial charge in [0.2, 0.25) is 0 Å². The molecule has 0 aliphatic heterocycles. The fourth-order valence-corrected chi connectivity index (χ4v) is 2.49. The van der Waals surface area contributed by atoms with Gasteiger partial charge >= 0.3 is 0 Å². The maximum absolute atomic E-state index is 12.0. The van der Waals surface area contributed by atoms with E-state index in [1.807, 2.05) is 24.3 Å². The van der Waals surface area contributed by atoms with Crippen LogP contribution in [-0.4, -0.2) is 25.9 Å². The first-order valence-corrected chi connectivity index (χ1v) is 7.57. The smallest absolute Gasteiger partial charge is 0.276 e. The summed E-state index contributed by atoms with van der Waals surface area (Å²) in [4.78, 5) is 12.0. The van der Waals surface area contributed by atoms with E-state index in [2.05, 4.69) is 36.5 Å². The largest absolute Gasteiger partial charge is 0.304 e. The molecule has 0 bridgehead atoms. The van der Waals surface area contributed by atoms with Crippen LogP contribution in [0.2, 0.25) is 5.02 Å². The van der Waals surface area contributed by atoms with Gasteiger partial charge in [-0.1, -0.05) is 29.8 Å². The molecule has 3 rings (SSSR count). The molecule has 0 unspecified atom stereocenters. The highest BCUT2D eigenvalue weighted by atomic mass is 79.9. The summed E-state index contributed by atoms with van der Waals surface area (Å²) in [5, 5.41) is 14.1. The topological polar surface area (TPSA) is 75.6 Å². The van der Waals surface area contributed by atoms with E-state index >= 15 is 0 Å². The number of halogens is 2. The van der Waals surface area contributed by atoms with Crippen molar-refractivity contribution in [1.29, 1.82) is 0 Å². The monoisotopic (exact) mass is 379 g/mol. The summed E-state index contributed by atoms with van der Waals surface area (Å²) in [6.45, 7) is 0.531. The minimum atomic E-state index is -0.313. The lowest BCUT2D eigenvalue weighted by atomic mass is 10.2. The van der Waals surface area contributed by atoms with Crippen molar-refractivity contribution in [2.45, 2.75) is 6.54 Å². The van der Waals surface area contributed by atoms with Gasteiger partial charge in [-0.15, -0.1) is 0 Å². The predicted molar refractivity (Wildman–Crippen MR) is 87.0 cm³/mol. The van der Waals surface area contributed by atoms with Crippen LogP contribution < -0.4 is 5.32 Å². The Morgan fingerprint density at radius 3 is 2.91 bits per heavy atom. The van der Waals surface area contributed by atoms with Gasteiger partial charge in [0.05, 0.1) is 17.2 Å². The Morgan fingerprint density at radius 1 is 1.36 bits per heavy atom. The molecule has 1 aromatic carbocycles. The number of amides is 1. The Balaban J connectivity index is 1.70. The summed E-state index contributed by atoms with van der Waals surface area (Å²) in [6, 6.07) is 9.29. The molecule has 8 heteroatoms. The number of hydrogen-bond acceptors (Lipinski definition) is 3. The first-order chi connectivity index (χ1) is 10.6. The zero-order chi connectivity index (χ0) is 15.5. The second kappa shape index (κ2) is 6.33. The predicted octanol–water partition coefficient (Wildman–Crippen LogP) is 3.32. The number of aromatic amines is 1. The molecule has 0 aliphatic rings. The molecule has 0 fully saturated rings. The average molecular weight is 381 g/mol. The molecule has 2 N–H and O–H groups in total. The third-order valence-corrected chi connectivity index (χ3v) is 3.96. The molecule has 0 atom stereocenters. The van der Waals surface area contributed by atoms with Gasteiger partial charge in [0.15, 0.2) is 5.82 Å². The summed E-state index contributed by atoms with van der Waals surface area (Å²) in [6.07, 6.45) is 3.30. The van der Waals surface area contributed by atoms with Crippen molar-refractivity contribution in [2.24, 2.45) is 0 Å². The number of anilines is 1. The Labute approximate surface area is 139 Å². The third kappa shape index (κ3) is 3.20. The van der Waals surface area contributed by atoms with Gasteiger partial charge in [-0.3, -0.25) is 14.6 Å². The molecule has 2 heterocycles. The standard InChI is InChI=1S/C14H11BrClN5O/c15-10-7-17-19-13(10)14(22)18-12-5-6-21(20-12)8-9-3-1-2-4-11(9)16/h1-7H,8H2,(H,17,19)(H,18,20,22). The molecule has 6 nitrogen and oxygen atoms in total. The van der Waals surface area contributed by atoms with Crippen molar-refractivity contribution in [3.05, 3.63) is 63.5 Å². The first kappa shape index (κ1) is 14.8. The minimum absolute atomic E-state index is 0.313. The van der Waals surface area contributed by atoms with Gasteiger partial charge in [-0.2, -0.15) is 10.2 Å². The Hall–Kier alpha value is -2.12. The fourth-order valence-electron chi connectivity index (χ4n) is 1.93. The van der Waals surface area contributed by atoms with Crippen LogP contribution in [-0.2, 0) is 6.54 Å². The number of hydrogen-bond donors (Lipinski definition) is 2. The van der Waals surface area contributed by atoms with Crippen LogP contribution in [0, 0.1) is 0 Å². The van der Waals surface area contributed by atoms with Crippen molar-refractivity contribution in [2.75, 3.05) is 5.32 Å². The lowest BCUT2D eigenvalue weighted by molar-refractivity contribution is 0.102. The van der Waals surface area contributed by atoms with Crippen molar-refractivity contribution < 1.29 is 4.79 Å². The van der Waals surface area contributed by atoms with E-state index in [0.29, 0.717) is 27.6 Å². The van der Waals surface area contributed by atoms with Crippen molar-refractivity contribution in [1.82, 2.24) is 20.0 Å². The maximum Gasteiger partial charge on any atom is 0.276 e. The molecular formula is C14H11BrClN5O. The number of nitrogens with zero attached hydrogens (tertiary/aromatic N) is 3. The van der Waals surface area contributed by atoms with Gasteiger partial charge in [0.25, 0.3) is 5.91 Å². The SMILES string of the molecule is O=C(Nc1ccn(Cc2ccccc2Cl)n1)c1[nH]ncc1Br. The van der Waals surface area contributed by atoms with E-state index in [1.54, 1.807) is 16.9 Å². The van der Waals surface area contributed by atoms with Crippen LogP contribution in [0.5, 0.6) is 0 Å². The highest BCUT2D eigenvalue weighted by Crippen LogP contribution is 2.17. The number of aromatic nitrogens is 4. The minimum Gasteiger partial charge on any atom is -0.304 e. The molecule has 0 saturated carbocycles. The lowest BCUT2D eigenvalue weighted by Gasteiger charge is -2.04. The van der Waals surface area contributed by atoms with Crippen LogP contribution in [0.4, 0.5) is 5.82 Å². The van der Waals surface area contributed by atoms with Crippen LogP contribution in [0.15, 0.2) is 47.2 Å². The van der Waals surface area contributed by atoms with Crippen LogP contribution in [0.3, 0.4) is 0 Å². The van der Waals surface area contributed by atoms with Gasteiger partial charge in [-0.25, -0.2) is 0 Å². The molecule has 0 spiro atoms. The van der Waals surface area contributed by atoms with Gasteiger partial charge < -0.3 is 5.32 Å². The number of H-pyrrole nitrogens is 1. The lowest BCUT2D eigenvalue weighted by Crippen LogP contribution is -2.14. The number of nitrogens with one attached hydrogen (secondary N) is 2. The van der Waals surface area contributed by atoms with E-state index in [9.17, 15) is 4.79 Å². The summed E-state index contributed by atoms with van der Waals surface area (Å²) in [5.41, 5.74) is 1.31. The number of carbonyl (C=O) groups excluding carboxylic acids is 1. The van der Waals surface area contributed by atoms with Gasteiger partial charge in [0, 0.05) is 17.3 Å². The molecule has 2 aromatic heterocycles. The normalized spacial score (nSPS) is 10.6. The van der Waals surface area contributed by atoms with E-state index in [1.165, 1.54) is 6.20 Å². The van der Waals surface area contributed by atoms with Crippen molar-refractivity contribution in [3.63, 3.8) is 0 Å². The van der Waals surface area contributed by atoms with E-state index in [4.69, 9.17) is 11.6 Å². The highest BCUT2D eigenvalue weighted by Gasteiger charge is 2.13. The quantitative estimate of drug-likeness (QED) is 0.729. The molecule has 22 heavy (non-hydrogen) atoms. The number of benzene rings is 1. The first-order valence-electron chi connectivity index (χ1n) is 6.40. The van der Waals surface area contributed by atoms with E-state index in [-0.39, 0.29) is 5.91 Å². The van der Waals surface area contributed by atoms with Crippen LogP contribution >= 0.6 is 27.5 Å². The van der Waals surface area contributed by atoms with E-state index < -0.39 is 0 Å². The number of rotatable bonds is 4. The maximum atomic E-state index is 12.0. The summed E-state index contributed by atoms with van der Waals surface area (Å²) >= 11 is 9.37. The van der Waals surface area contributed by atoms with Crippen molar-refractivity contribution >= 4 is 39.3 Å². The van der Waals surface area contributed by atoms with Gasteiger partial charge in [-0.05, 0) is 27.6 Å². The van der Waals surface area contributed by atoms with Crippen LogP contribution in [0.1, 0.15) is 16.1 Å². The van der Waals surface area contributed by atoms with E-state index in [0.717, 1.165) is 5.56 Å². The summed E-state index contributed by atoms with van der Waals surface area (Å²) in [7, 11) is 0. The average Bonchev–Trinajstić information content (AvgIpc) is 3.10. The number of carbonyl (C=O) groups is 1. The second-order valence-corrected chi connectivity index (χ2v) is 5.80. The molecule has 0 radical (unpaired) electrons. The fraction of sp³-hybridized carbons (Fsp3) is 0.0714. The molecule has 0 saturated heterocycles. The highest BCUT2D eigenvalue weighted by molar-refractivity contribution is 9.10. The van der Waals surface area contributed by atoms with Crippen molar-refractivity contribution in [3.8, 4) is 0 Å². The second-order valence-electron chi connectivity index (χ2n) is 4.54. The molecular weight excluding hydrogens is 370 g/mol. The molecule has 1 amide bonds. The van der Waals surface area contributed by atoms with Crippen LogP contribution in [0.25, 0.3) is 0 Å². The van der Waals surface area contributed by atoms with Gasteiger partial charge in [0.1, 0.15) is 5.69 Å². The Morgan fingerprint density at radius 2 is 2.18 bits per heavy atom. The zero-order valence-corrected chi connectivity index (χ0v) is 13.6.